The lowest BCUT2D eigenvalue weighted by Crippen LogP contribution is -2.41. The number of amides is 1. The molecule has 0 N–H and O–H groups in total. The van der Waals surface area contributed by atoms with Crippen molar-refractivity contribution in [3.05, 3.63) is 51.2 Å². The molecule has 202 valence electrons. The van der Waals surface area contributed by atoms with Crippen LogP contribution in [0.15, 0.2) is 29.1 Å². The molecule has 37 heavy (non-hydrogen) atoms. The maximum absolute atomic E-state index is 12.9. The quantitative estimate of drug-likeness (QED) is 0.542. The summed E-state index contributed by atoms with van der Waals surface area (Å²) in [5.41, 5.74) is 4.77. The van der Waals surface area contributed by atoms with E-state index in [0.717, 1.165) is 42.6 Å². The van der Waals surface area contributed by atoms with E-state index in [1.807, 2.05) is 32.6 Å². The number of piperidine rings is 1. The van der Waals surface area contributed by atoms with Crippen molar-refractivity contribution in [1.82, 2.24) is 9.47 Å². The topological polar surface area (TPSA) is 79.2 Å². The summed E-state index contributed by atoms with van der Waals surface area (Å²) in [4.78, 5) is 27.1. The van der Waals surface area contributed by atoms with Crippen molar-refractivity contribution < 1.29 is 23.7 Å². The second-order valence-corrected chi connectivity index (χ2v) is 11.0. The van der Waals surface area contributed by atoms with Crippen LogP contribution in [0.5, 0.6) is 5.88 Å². The summed E-state index contributed by atoms with van der Waals surface area (Å²) in [6, 6.07) is 8.20. The number of carbonyl (C=O) groups excluding carboxylic acids is 1. The van der Waals surface area contributed by atoms with Gasteiger partial charge in [-0.25, -0.2) is 4.79 Å². The first-order chi connectivity index (χ1) is 17.6. The molecule has 2 aromatic rings. The Kier molecular flexibility index (Phi) is 8.29. The zero-order chi connectivity index (χ0) is 26.7. The van der Waals surface area contributed by atoms with E-state index in [-0.39, 0.29) is 17.6 Å². The molecule has 8 heteroatoms. The first-order valence-corrected chi connectivity index (χ1v) is 13.1. The van der Waals surface area contributed by atoms with Crippen molar-refractivity contribution in [2.45, 2.75) is 71.1 Å². The Morgan fingerprint density at radius 2 is 1.81 bits per heavy atom. The van der Waals surface area contributed by atoms with E-state index in [9.17, 15) is 9.59 Å². The second kappa shape index (κ2) is 11.3. The van der Waals surface area contributed by atoms with Gasteiger partial charge in [-0.2, -0.15) is 0 Å². The number of aryl methyl sites for hydroxylation is 1. The van der Waals surface area contributed by atoms with Gasteiger partial charge in [-0.1, -0.05) is 18.2 Å². The number of nitrogens with zero attached hydrogens (tertiary/aromatic N) is 2. The number of benzene rings is 1. The van der Waals surface area contributed by atoms with Crippen LogP contribution in [0.25, 0.3) is 11.3 Å². The second-order valence-electron chi connectivity index (χ2n) is 11.0. The van der Waals surface area contributed by atoms with E-state index in [0.29, 0.717) is 38.1 Å². The number of methoxy groups -OCH3 is 2. The molecular formula is C29H40N2O6. The van der Waals surface area contributed by atoms with Crippen LogP contribution in [0.1, 0.15) is 56.2 Å². The molecule has 1 aromatic carbocycles. The van der Waals surface area contributed by atoms with Crippen molar-refractivity contribution in [2.75, 3.05) is 40.5 Å². The highest BCUT2D eigenvalue weighted by molar-refractivity contribution is 5.70. The molecule has 0 spiro atoms. The lowest BCUT2D eigenvalue weighted by atomic mass is 9.85. The summed E-state index contributed by atoms with van der Waals surface area (Å²) in [7, 11) is 3.25. The highest BCUT2D eigenvalue weighted by Crippen LogP contribution is 2.37. The van der Waals surface area contributed by atoms with Crippen LogP contribution in [0.3, 0.4) is 0 Å². The van der Waals surface area contributed by atoms with Crippen LogP contribution in [0.4, 0.5) is 4.79 Å². The number of aromatic nitrogens is 1. The monoisotopic (exact) mass is 512 g/mol. The Labute approximate surface area is 219 Å². The molecule has 0 radical (unpaired) electrons. The van der Waals surface area contributed by atoms with Gasteiger partial charge in [0.05, 0.1) is 12.3 Å². The molecule has 0 bridgehead atoms. The molecule has 0 aliphatic carbocycles. The number of carbonyl (C=O) groups is 1. The molecule has 2 aliphatic heterocycles. The lowest BCUT2D eigenvalue weighted by Gasteiger charge is -2.34. The van der Waals surface area contributed by atoms with E-state index in [4.69, 9.17) is 18.9 Å². The Bertz CT molecular complexity index is 1170. The minimum Gasteiger partial charge on any atom is -0.476 e. The largest absolute Gasteiger partial charge is 0.476 e. The third-order valence-electron chi connectivity index (χ3n) is 7.23. The Morgan fingerprint density at radius 3 is 2.46 bits per heavy atom. The molecule has 4 rings (SSSR count). The van der Waals surface area contributed by atoms with Gasteiger partial charge in [-0.05, 0) is 64.0 Å². The number of hydrogen-bond donors (Lipinski definition) is 0. The smallest absolute Gasteiger partial charge is 0.410 e. The molecule has 3 heterocycles. The fourth-order valence-electron chi connectivity index (χ4n) is 5.22. The Balaban J connectivity index is 1.52. The normalized spacial score (nSPS) is 16.6. The number of likely N-dealkylation sites (tertiary alicyclic amines) is 1. The maximum atomic E-state index is 12.9. The zero-order valence-electron chi connectivity index (χ0n) is 23.0. The van der Waals surface area contributed by atoms with Crippen molar-refractivity contribution in [3.63, 3.8) is 0 Å². The first kappa shape index (κ1) is 27.2. The van der Waals surface area contributed by atoms with Crippen LogP contribution >= 0.6 is 0 Å². The molecule has 1 fully saturated rings. The third kappa shape index (κ3) is 6.18. The van der Waals surface area contributed by atoms with E-state index >= 15 is 0 Å². The van der Waals surface area contributed by atoms with Gasteiger partial charge in [0.2, 0.25) is 0 Å². The van der Waals surface area contributed by atoms with Crippen LogP contribution in [0.2, 0.25) is 0 Å². The van der Waals surface area contributed by atoms with E-state index < -0.39 is 5.60 Å². The van der Waals surface area contributed by atoms with Crippen LogP contribution in [0, 0.1) is 6.92 Å². The van der Waals surface area contributed by atoms with Crippen LogP contribution in [-0.4, -0.2) is 67.8 Å². The number of hydrogen-bond acceptors (Lipinski definition) is 6. The zero-order valence-corrected chi connectivity index (χ0v) is 23.0. The van der Waals surface area contributed by atoms with Crippen molar-refractivity contribution in [2.24, 2.45) is 0 Å². The predicted molar refractivity (Wildman–Crippen MR) is 143 cm³/mol. The predicted octanol–water partition coefficient (Wildman–Crippen LogP) is 4.53. The van der Waals surface area contributed by atoms with Gasteiger partial charge in [0, 0.05) is 51.0 Å². The molecule has 8 nitrogen and oxygen atoms in total. The van der Waals surface area contributed by atoms with Crippen LogP contribution < -0.4 is 10.2 Å². The van der Waals surface area contributed by atoms with Gasteiger partial charge >= 0.3 is 6.09 Å². The maximum Gasteiger partial charge on any atom is 0.410 e. The molecule has 1 aromatic heterocycles. The van der Waals surface area contributed by atoms with Crippen LogP contribution in [-0.2, 0) is 27.2 Å². The number of pyridine rings is 1. The summed E-state index contributed by atoms with van der Waals surface area (Å²) in [6.07, 6.45) is 2.24. The van der Waals surface area contributed by atoms with Gasteiger partial charge in [-0.3, -0.25) is 4.79 Å². The molecule has 2 aliphatic rings. The SMILES string of the molecule is COC[C@@H](COc1cc(=O)c(C)c2n1CCc1cc(C3CCN(C(=O)OC(C)(C)C)CC3)ccc1-2)OC. The number of rotatable bonds is 7. The summed E-state index contributed by atoms with van der Waals surface area (Å²) in [5, 5.41) is 0. The summed E-state index contributed by atoms with van der Waals surface area (Å²) >= 11 is 0. The van der Waals surface area contributed by atoms with Gasteiger partial charge in [0.15, 0.2) is 11.3 Å². The highest BCUT2D eigenvalue weighted by Gasteiger charge is 2.29. The van der Waals surface area contributed by atoms with Gasteiger partial charge in [0.25, 0.3) is 0 Å². The van der Waals surface area contributed by atoms with Gasteiger partial charge in [-0.15, -0.1) is 0 Å². The minimum absolute atomic E-state index is 0.0339. The van der Waals surface area contributed by atoms with E-state index in [1.54, 1.807) is 20.3 Å². The fraction of sp³-hybridized carbons (Fsp3) is 0.586. The first-order valence-electron chi connectivity index (χ1n) is 13.1. The van der Waals surface area contributed by atoms with E-state index in [1.165, 1.54) is 11.1 Å². The summed E-state index contributed by atoms with van der Waals surface area (Å²) in [6.45, 7) is 10.4. The van der Waals surface area contributed by atoms with Crippen molar-refractivity contribution >= 4 is 6.09 Å². The molecular weight excluding hydrogens is 472 g/mol. The summed E-state index contributed by atoms with van der Waals surface area (Å²) < 4.78 is 24.3. The number of ether oxygens (including phenoxy) is 4. The molecule has 1 atom stereocenters. The minimum atomic E-state index is -0.483. The molecule has 1 amide bonds. The average molecular weight is 513 g/mol. The van der Waals surface area contributed by atoms with E-state index in [2.05, 4.69) is 22.8 Å². The van der Waals surface area contributed by atoms with Gasteiger partial charge in [0.1, 0.15) is 18.3 Å². The summed E-state index contributed by atoms with van der Waals surface area (Å²) in [5.74, 6) is 0.962. The Hall–Kier alpha value is -2.84. The molecule has 0 unspecified atom stereocenters. The molecule has 0 saturated carbocycles. The molecule has 1 saturated heterocycles. The number of fused-ring (bicyclic) bond motifs is 3. The van der Waals surface area contributed by atoms with Gasteiger partial charge < -0.3 is 28.4 Å². The lowest BCUT2D eigenvalue weighted by molar-refractivity contribution is -0.000948. The third-order valence-corrected chi connectivity index (χ3v) is 7.23. The fourth-order valence-corrected chi connectivity index (χ4v) is 5.22. The highest BCUT2D eigenvalue weighted by atomic mass is 16.6. The Morgan fingerprint density at radius 1 is 1.08 bits per heavy atom. The van der Waals surface area contributed by atoms with Crippen molar-refractivity contribution in [1.29, 1.82) is 0 Å². The standard InChI is InChI=1S/C29H40N2O6/c1-19-25(32)16-26(36-18-23(35-6)17-34-5)31-14-11-22-15-21(7-8-24(22)27(19)31)20-9-12-30(13-10-20)28(33)37-29(2,3)4/h7-8,15-16,20,23H,9-14,17-18H2,1-6H3/t23-/m0/s1. The average Bonchev–Trinajstić information content (AvgIpc) is 2.87. The van der Waals surface area contributed by atoms with Crippen molar-refractivity contribution in [3.8, 4) is 17.1 Å².